The molecule has 0 aliphatic carbocycles. The van der Waals surface area contributed by atoms with E-state index in [1.54, 1.807) is 12.1 Å². The Morgan fingerprint density at radius 3 is 2.14 bits per heavy atom. The number of methoxy groups -OCH3 is 1. The van der Waals surface area contributed by atoms with Gasteiger partial charge in [-0.05, 0) is 40.5 Å². The number of carbonyl (C=O) groups is 1. The fourth-order valence-electron chi connectivity index (χ4n) is 4.77. The van der Waals surface area contributed by atoms with E-state index in [1.165, 1.54) is 7.11 Å². The average molecular weight is 482 g/mol. The van der Waals surface area contributed by atoms with Crippen molar-refractivity contribution in [1.82, 2.24) is 4.57 Å². The molecular formula is C30H24ClNO3. The average Bonchev–Trinajstić information content (AvgIpc) is 3.22. The molecule has 4 aromatic carbocycles. The summed E-state index contributed by atoms with van der Waals surface area (Å²) in [5.41, 5.74) is 5.37. The number of fused-ring (bicyclic) bond motifs is 1. The van der Waals surface area contributed by atoms with Crippen LogP contribution >= 0.6 is 11.6 Å². The van der Waals surface area contributed by atoms with Gasteiger partial charge in [0.25, 0.3) is 0 Å². The van der Waals surface area contributed by atoms with Crippen molar-refractivity contribution < 1.29 is 14.6 Å². The van der Waals surface area contributed by atoms with Crippen molar-refractivity contribution in [3.8, 4) is 5.75 Å². The van der Waals surface area contributed by atoms with Gasteiger partial charge >= 0.3 is 5.97 Å². The molecule has 0 fully saturated rings. The highest BCUT2D eigenvalue weighted by atomic mass is 35.5. The minimum atomic E-state index is -1.01. The van der Waals surface area contributed by atoms with E-state index in [4.69, 9.17) is 16.3 Å². The number of ether oxygens (including phenoxy) is 1. The molecule has 0 bridgehead atoms. The van der Waals surface area contributed by atoms with Gasteiger partial charge in [-0.25, -0.2) is 4.79 Å². The summed E-state index contributed by atoms with van der Waals surface area (Å²) >= 11 is 6.46. The molecule has 0 radical (unpaired) electrons. The first-order valence-corrected chi connectivity index (χ1v) is 11.7. The minimum absolute atomic E-state index is 0.0561. The van der Waals surface area contributed by atoms with Gasteiger partial charge in [-0.3, -0.25) is 0 Å². The fourth-order valence-corrected chi connectivity index (χ4v) is 4.94. The first-order valence-electron chi connectivity index (χ1n) is 11.3. The zero-order valence-electron chi connectivity index (χ0n) is 19.2. The zero-order valence-corrected chi connectivity index (χ0v) is 19.9. The highest BCUT2D eigenvalue weighted by Gasteiger charge is 2.22. The van der Waals surface area contributed by atoms with Crippen molar-refractivity contribution in [1.29, 1.82) is 0 Å². The quantitative estimate of drug-likeness (QED) is 0.267. The Kier molecular flexibility index (Phi) is 6.30. The van der Waals surface area contributed by atoms with Crippen LogP contribution in [0.15, 0.2) is 103 Å². The van der Waals surface area contributed by atoms with Gasteiger partial charge in [0, 0.05) is 23.0 Å². The van der Waals surface area contributed by atoms with E-state index in [2.05, 4.69) is 35.0 Å². The molecule has 0 saturated carbocycles. The van der Waals surface area contributed by atoms with E-state index in [-0.39, 0.29) is 11.6 Å². The molecule has 5 rings (SSSR count). The minimum Gasteiger partial charge on any atom is -0.496 e. The Labute approximate surface area is 209 Å². The van der Waals surface area contributed by atoms with Gasteiger partial charge in [-0.15, -0.1) is 0 Å². The summed E-state index contributed by atoms with van der Waals surface area (Å²) in [4.78, 5) is 11.7. The van der Waals surface area contributed by atoms with Gasteiger partial charge in [0.05, 0.1) is 18.7 Å². The molecule has 35 heavy (non-hydrogen) atoms. The predicted molar refractivity (Wildman–Crippen MR) is 140 cm³/mol. The third-order valence-corrected chi connectivity index (χ3v) is 6.53. The molecule has 0 atom stereocenters. The zero-order chi connectivity index (χ0) is 24.4. The Morgan fingerprint density at radius 2 is 1.54 bits per heavy atom. The van der Waals surface area contributed by atoms with Crippen LogP contribution in [0.25, 0.3) is 10.9 Å². The lowest BCUT2D eigenvalue weighted by molar-refractivity contribution is 0.0693. The summed E-state index contributed by atoms with van der Waals surface area (Å²) in [6, 6.07) is 31.8. The number of rotatable bonds is 7. The Bertz CT molecular complexity index is 1450. The third-order valence-electron chi connectivity index (χ3n) is 6.30. The van der Waals surface area contributed by atoms with Crippen molar-refractivity contribution in [3.63, 3.8) is 0 Å². The van der Waals surface area contributed by atoms with Crippen LogP contribution in [0, 0.1) is 0 Å². The van der Waals surface area contributed by atoms with Crippen LogP contribution in [0.5, 0.6) is 5.75 Å². The summed E-state index contributed by atoms with van der Waals surface area (Å²) in [5.74, 6) is -0.622. The number of para-hydroxylation sites is 1. The summed E-state index contributed by atoms with van der Waals surface area (Å²) in [6.07, 6.45) is 2.67. The molecule has 1 aromatic heterocycles. The van der Waals surface area contributed by atoms with Crippen LogP contribution in [0.3, 0.4) is 0 Å². The fraction of sp³-hybridized carbons (Fsp3) is 0.100. The molecule has 4 nitrogen and oxygen atoms in total. The van der Waals surface area contributed by atoms with Gasteiger partial charge in [-0.1, -0.05) is 90.5 Å². The second kappa shape index (κ2) is 9.69. The number of carboxylic acids is 1. The number of halogens is 1. The van der Waals surface area contributed by atoms with Crippen LogP contribution in [0.2, 0.25) is 5.02 Å². The lowest BCUT2D eigenvalue weighted by Crippen LogP contribution is -2.11. The molecule has 0 unspecified atom stereocenters. The number of carboxylic acid groups (broad SMARTS) is 1. The first-order chi connectivity index (χ1) is 17.1. The molecule has 0 aliphatic heterocycles. The standard InChI is InChI=1S/C30H24ClNO3/c1-35-29-22(13-8-14-26(29)30(33)34)17-23-19-32(27-18-24(31)15-16-25(23)27)28(20-9-4-2-5-10-20)21-11-6-3-7-12-21/h2-16,18-19,28H,17H2,1H3,(H,33,34). The summed E-state index contributed by atoms with van der Waals surface area (Å²) < 4.78 is 7.78. The third kappa shape index (κ3) is 4.41. The molecule has 1 N–H and O–H groups in total. The molecule has 1 heterocycles. The molecule has 5 aromatic rings. The summed E-state index contributed by atoms with van der Waals surface area (Å²) in [6.45, 7) is 0. The van der Waals surface area contributed by atoms with Crippen molar-refractivity contribution in [2.24, 2.45) is 0 Å². The maximum atomic E-state index is 11.7. The van der Waals surface area contributed by atoms with Gasteiger partial charge in [-0.2, -0.15) is 0 Å². The van der Waals surface area contributed by atoms with E-state index in [9.17, 15) is 9.90 Å². The van der Waals surface area contributed by atoms with Gasteiger partial charge in [0.2, 0.25) is 0 Å². The van der Waals surface area contributed by atoms with Crippen LogP contribution in [0.1, 0.15) is 38.7 Å². The monoisotopic (exact) mass is 481 g/mol. The highest BCUT2D eigenvalue weighted by molar-refractivity contribution is 6.31. The highest BCUT2D eigenvalue weighted by Crippen LogP contribution is 2.36. The van der Waals surface area contributed by atoms with E-state index in [0.29, 0.717) is 17.2 Å². The normalized spacial score (nSPS) is 11.2. The Balaban J connectivity index is 1.71. The van der Waals surface area contributed by atoms with E-state index in [0.717, 1.165) is 33.2 Å². The number of hydrogen-bond acceptors (Lipinski definition) is 2. The predicted octanol–water partition coefficient (Wildman–Crippen LogP) is 7.23. The molecular weight excluding hydrogens is 458 g/mol. The van der Waals surface area contributed by atoms with Crippen LogP contribution in [-0.2, 0) is 6.42 Å². The van der Waals surface area contributed by atoms with Crippen molar-refractivity contribution >= 4 is 28.5 Å². The van der Waals surface area contributed by atoms with Gasteiger partial charge < -0.3 is 14.4 Å². The molecule has 0 saturated heterocycles. The Morgan fingerprint density at radius 1 is 0.886 bits per heavy atom. The molecule has 0 amide bonds. The number of aromatic nitrogens is 1. The molecule has 0 spiro atoms. The number of benzene rings is 4. The summed E-state index contributed by atoms with van der Waals surface area (Å²) in [7, 11) is 1.51. The number of nitrogens with zero attached hydrogens (tertiary/aromatic N) is 1. The number of hydrogen-bond donors (Lipinski definition) is 1. The lowest BCUT2D eigenvalue weighted by atomic mass is 9.98. The maximum Gasteiger partial charge on any atom is 0.339 e. The first kappa shape index (κ1) is 22.8. The summed E-state index contributed by atoms with van der Waals surface area (Å²) in [5, 5.41) is 11.3. The second-order valence-corrected chi connectivity index (χ2v) is 8.86. The van der Waals surface area contributed by atoms with Gasteiger partial charge in [0.1, 0.15) is 11.3 Å². The molecule has 174 valence electrons. The van der Waals surface area contributed by atoms with Crippen LogP contribution in [0.4, 0.5) is 0 Å². The van der Waals surface area contributed by atoms with Gasteiger partial charge in [0.15, 0.2) is 0 Å². The maximum absolute atomic E-state index is 11.7. The van der Waals surface area contributed by atoms with E-state index < -0.39 is 5.97 Å². The van der Waals surface area contributed by atoms with Crippen LogP contribution in [-0.4, -0.2) is 22.8 Å². The largest absolute Gasteiger partial charge is 0.496 e. The van der Waals surface area contributed by atoms with E-state index in [1.807, 2.05) is 60.7 Å². The second-order valence-electron chi connectivity index (χ2n) is 8.43. The van der Waals surface area contributed by atoms with Crippen molar-refractivity contribution in [2.45, 2.75) is 12.5 Å². The Hall–Kier alpha value is -4.02. The van der Waals surface area contributed by atoms with Crippen molar-refractivity contribution in [2.75, 3.05) is 7.11 Å². The molecule has 5 heteroatoms. The topological polar surface area (TPSA) is 51.5 Å². The SMILES string of the molecule is COc1c(Cc2cn(C(c3ccccc3)c3ccccc3)c3cc(Cl)ccc23)cccc1C(=O)O. The lowest BCUT2D eigenvalue weighted by Gasteiger charge is -2.21. The van der Waals surface area contributed by atoms with Crippen molar-refractivity contribution in [3.05, 3.63) is 136 Å². The van der Waals surface area contributed by atoms with E-state index >= 15 is 0 Å². The molecule has 0 aliphatic rings. The van der Waals surface area contributed by atoms with Crippen LogP contribution < -0.4 is 4.74 Å². The smallest absolute Gasteiger partial charge is 0.339 e. The number of aromatic carboxylic acids is 1.